The van der Waals surface area contributed by atoms with Crippen molar-refractivity contribution >= 4 is 15.9 Å². The fraction of sp³-hybridized carbons (Fsp3) is 0.533. The number of nitrogens with zero attached hydrogens (tertiary/aromatic N) is 1. The molecule has 0 unspecified atom stereocenters. The molecule has 0 aromatic heterocycles. The van der Waals surface area contributed by atoms with E-state index < -0.39 is 10.0 Å². The molecule has 0 bridgehead atoms. The fourth-order valence-corrected chi connectivity index (χ4v) is 3.00. The number of hydrogen-bond acceptors (Lipinski definition) is 5. The molecule has 1 amide bonds. The molecule has 23 heavy (non-hydrogen) atoms. The van der Waals surface area contributed by atoms with Gasteiger partial charge < -0.3 is 14.8 Å². The Morgan fingerprint density at radius 2 is 1.83 bits per heavy atom. The van der Waals surface area contributed by atoms with E-state index in [-0.39, 0.29) is 19.0 Å². The average molecular weight is 344 g/mol. The first-order valence-electron chi connectivity index (χ1n) is 7.28. The van der Waals surface area contributed by atoms with Crippen molar-refractivity contribution in [2.45, 2.75) is 13.3 Å². The quantitative estimate of drug-likeness (QED) is 0.725. The van der Waals surface area contributed by atoms with Crippen LogP contribution in [0.15, 0.2) is 18.2 Å². The monoisotopic (exact) mass is 344 g/mol. The minimum Gasteiger partial charge on any atom is -0.493 e. The Kier molecular flexibility index (Phi) is 7.31. The average Bonchev–Trinajstić information content (AvgIpc) is 2.52. The van der Waals surface area contributed by atoms with E-state index in [9.17, 15) is 13.2 Å². The van der Waals surface area contributed by atoms with Crippen LogP contribution in [0.2, 0.25) is 0 Å². The molecule has 0 saturated carbocycles. The topological polar surface area (TPSA) is 84.9 Å². The zero-order valence-corrected chi connectivity index (χ0v) is 14.8. The molecule has 1 rings (SSSR count). The SMILES string of the molecule is CCCN(CCNC(=O)c1ccc(OC)c(OC)c1)S(C)(=O)=O. The van der Waals surface area contributed by atoms with Crippen molar-refractivity contribution in [2.75, 3.05) is 40.1 Å². The first-order chi connectivity index (χ1) is 10.8. The highest BCUT2D eigenvalue weighted by Gasteiger charge is 2.16. The van der Waals surface area contributed by atoms with E-state index in [4.69, 9.17) is 9.47 Å². The fourth-order valence-electron chi connectivity index (χ4n) is 2.07. The maximum absolute atomic E-state index is 12.1. The third-order valence-corrected chi connectivity index (χ3v) is 4.54. The van der Waals surface area contributed by atoms with Crippen molar-refractivity contribution in [2.24, 2.45) is 0 Å². The molecule has 0 heterocycles. The van der Waals surface area contributed by atoms with E-state index in [1.54, 1.807) is 18.2 Å². The normalized spacial score (nSPS) is 11.3. The van der Waals surface area contributed by atoms with E-state index in [1.807, 2.05) is 6.92 Å². The Morgan fingerprint density at radius 1 is 1.17 bits per heavy atom. The predicted octanol–water partition coefficient (Wildman–Crippen LogP) is 1.11. The molecule has 130 valence electrons. The van der Waals surface area contributed by atoms with Crippen molar-refractivity contribution < 1.29 is 22.7 Å². The number of benzene rings is 1. The van der Waals surface area contributed by atoms with Crippen molar-refractivity contribution in [3.05, 3.63) is 23.8 Å². The van der Waals surface area contributed by atoms with Crippen LogP contribution >= 0.6 is 0 Å². The predicted molar refractivity (Wildman–Crippen MR) is 88.6 cm³/mol. The van der Waals surface area contributed by atoms with Gasteiger partial charge in [-0.1, -0.05) is 6.92 Å². The molecule has 8 heteroatoms. The molecule has 1 aromatic rings. The summed E-state index contributed by atoms with van der Waals surface area (Å²) in [7, 11) is -0.251. The Labute approximate surface area is 137 Å². The Balaban J connectivity index is 2.66. The van der Waals surface area contributed by atoms with Crippen LogP contribution in [0.5, 0.6) is 11.5 Å². The third kappa shape index (κ3) is 5.72. The summed E-state index contributed by atoms with van der Waals surface area (Å²) in [4.78, 5) is 12.1. The van der Waals surface area contributed by atoms with Crippen LogP contribution < -0.4 is 14.8 Å². The summed E-state index contributed by atoms with van der Waals surface area (Å²) >= 11 is 0. The number of methoxy groups -OCH3 is 2. The summed E-state index contributed by atoms with van der Waals surface area (Å²) < 4.78 is 34.8. The molecular formula is C15H24N2O5S. The van der Waals surface area contributed by atoms with Gasteiger partial charge >= 0.3 is 0 Å². The molecule has 0 aliphatic carbocycles. The maximum atomic E-state index is 12.1. The van der Waals surface area contributed by atoms with Crippen LogP contribution in [0.25, 0.3) is 0 Å². The molecule has 1 N–H and O–H groups in total. The summed E-state index contributed by atoms with van der Waals surface area (Å²) in [5.41, 5.74) is 0.420. The van der Waals surface area contributed by atoms with Gasteiger partial charge in [0, 0.05) is 25.2 Å². The number of ether oxygens (including phenoxy) is 2. The molecule has 0 radical (unpaired) electrons. The van der Waals surface area contributed by atoms with Gasteiger partial charge in [0.05, 0.1) is 20.5 Å². The number of hydrogen-bond donors (Lipinski definition) is 1. The van der Waals surface area contributed by atoms with E-state index in [0.717, 1.165) is 6.42 Å². The van der Waals surface area contributed by atoms with Gasteiger partial charge in [-0.2, -0.15) is 0 Å². The molecule has 0 fully saturated rings. The molecule has 7 nitrogen and oxygen atoms in total. The molecule has 1 aromatic carbocycles. The highest BCUT2D eigenvalue weighted by Crippen LogP contribution is 2.27. The maximum Gasteiger partial charge on any atom is 0.251 e. The summed E-state index contributed by atoms with van der Waals surface area (Å²) in [6.07, 6.45) is 1.88. The van der Waals surface area contributed by atoms with Crippen LogP contribution in [-0.2, 0) is 10.0 Å². The van der Waals surface area contributed by atoms with Gasteiger partial charge in [-0.25, -0.2) is 12.7 Å². The second-order valence-electron chi connectivity index (χ2n) is 4.99. The van der Waals surface area contributed by atoms with Crippen LogP contribution in [-0.4, -0.2) is 58.7 Å². The van der Waals surface area contributed by atoms with Gasteiger partial charge in [0.1, 0.15) is 0 Å². The van der Waals surface area contributed by atoms with Crippen molar-refractivity contribution in [3.8, 4) is 11.5 Å². The summed E-state index contributed by atoms with van der Waals surface area (Å²) in [6, 6.07) is 4.85. The molecule has 0 aliphatic heterocycles. The lowest BCUT2D eigenvalue weighted by molar-refractivity contribution is 0.0951. The first kappa shape index (κ1) is 19.2. The van der Waals surface area contributed by atoms with E-state index >= 15 is 0 Å². The molecule has 0 spiro atoms. The molecule has 0 aliphatic rings. The number of amides is 1. The highest BCUT2D eigenvalue weighted by molar-refractivity contribution is 7.88. The van der Waals surface area contributed by atoms with Gasteiger partial charge in [-0.05, 0) is 24.6 Å². The van der Waals surface area contributed by atoms with Gasteiger partial charge in [0.15, 0.2) is 11.5 Å². The van der Waals surface area contributed by atoms with Crippen LogP contribution in [0.1, 0.15) is 23.7 Å². The molecule has 0 saturated heterocycles. The minimum atomic E-state index is -3.26. The lowest BCUT2D eigenvalue weighted by Gasteiger charge is -2.19. The smallest absolute Gasteiger partial charge is 0.251 e. The lowest BCUT2D eigenvalue weighted by Crippen LogP contribution is -2.38. The van der Waals surface area contributed by atoms with Crippen molar-refractivity contribution in [1.29, 1.82) is 0 Å². The summed E-state index contributed by atoms with van der Waals surface area (Å²) in [5, 5.41) is 2.71. The number of rotatable bonds is 9. The van der Waals surface area contributed by atoms with Gasteiger partial charge in [-0.15, -0.1) is 0 Å². The largest absolute Gasteiger partial charge is 0.493 e. The van der Waals surface area contributed by atoms with E-state index in [0.29, 0.717) is 23.6 Å². The Morgan fingerprint density at radius 3 is 2.35 bits per heavy atom. The van der Waals surface area contributed by atoms with Crippen LogP contribution in [0.3, 0.4) is 0 Å². The zero-order chi connectivity index (χ0) is 17.5. The Hall–Kier alpha value is -1.80. The van der Waals surface area contributed by atoms with Crippen molar-refractivity contribution in [3.63, 3.8) is 0 Å². The van der Waals surface area contributed by atoms with Gasteiger partial charge in [-0.3, -0.25) is 4.79 Å². The summed E-state index contributed by atoms with van der Waals surface area (Å²) in [6.45, 7) is 2.82. The molecule has 0 atom stereocenters. The summed E-state index contributed by atoms with van der Waals surface area (Å²) in [5.74, 6) is 0.704. The number of carbonyl (C=O) groups excluding carboxylic acids is 1. The Bertz CT molecular complexity index is 631. The van der Waals surface area contributed by atoms with Crippen molar-refractivity contribution in [1.82, 2.24) is 9.62 Å². The van der Waals surface area contributed by atoms with Gasteiger partial charge in [0.2, 0.25) is 10.0 Å². The highest BCUT2D eigenvalue weighted by atomic mass is 32.2. The van der Waals surface area contributed by atoms with Gasteiger partial charge in [0.25, 0.3) is 5.91 Å². The number of sulfonamides is 1. The third-order valence-electron chi connectivity index (χ3n) is 3.23. The molecular weight excluding hydrogens is 320 g/mol. The van der Waals surface area contributed by atoms with E-state index in [2.05, 4.69) is 5.32 Å². The van der Waals surface area contributed by atoms with E-state index in [1.165, 1.54) is 24.8 Å². The number of carbonyl (C=O) groups is 1. The zero-order valence-electron chi connectivity index (χ0n) is 14.0. The standard InChI is InChI=1S/C15H24N2O5S/c1-5-9-17(23(4,19)20)10-8-16-15(18)12-6-7-13(21-2)14(11-12)22-3/h6-7,11H,5,8-10H2,1-4H3,(H,16,18). The second kappa shape index (κ2) is 8.73. The lowest BCUT2D eigenvalue weighted by atomic mass is 10.2. The number of nitrogens with one attached hydrogen (secondary N) is 1. The second-order valence-corrected chi connectivity index (χ2v) is 6.97. The van der Waals surface area contributed by atoms with Crippen LogP contribution in [0.4, 0.5) is 0 Å². The van der Waals surface area contributed by atoms with Crippen LogP contribution in [0, 0.1) is 0 Å². The minimum absolute atomic E-state index is 0.236. The first-order valence-corrected chi connectivity index (χ1v) is 9.13.